The van der Waals surface area contributed by atoms with Crippen LogP contribution in [-0.4, -0.2) is 40.9 Å². The Morgan fingerprint density at radius 1 is 1.17 bits per heavy atom. The molecule has 0 aromatic rings. The second-order valence-electron chi connectivity index (χ2n) is 5.34. The number of carbonyl (C=O) groups excluding carboxylic acids is 2. The maximum Gasteiger partial charge on any atom is 0.323 e. The number of amides is 2. The van der Waals surface area contributed by atoms with Crippen LogP contribution in [0.1, 0.15) is 25.7 Å². The third kappa shape index (κ3) is 2.63. The van der Waals surface area contributed by atoms with E-state index in [1.54, 1.807) is 0 Å². The Labute approximate surface area is 105 Å². The number of carboxylic acids is 1. The van der Waals surface area contributed by atoms with E-state index in [0.29, 0.717) is 11.8 Å². The summed E-state index contributed by atoms with van der Waals surface area (Å²) in [7, 11) is 0. The van der Waals surface area contributed by atoms with Crippen LogP contribution in [0.3, 0.4) is 0 Å². The third-order valence-corrected chi connectivity index (χ3v) is 4.04. The average Bonchev–Trinajstić information content (AvgIpc) is 2.87. The molecule has 2 fully saturated rings. The minimum atomic E-state index is -1.12. The zero-order valence-corrected chi connectivity index (χ0v) is 10.2. The van der Waals surface area contributed by atoms with Gasteiger partial charge in [0.2, 0.25) is 11.8 Å². The van der Waals surface area contributed by atoms with Crippen LogP contribution in [0.2, 0.25) is 0 Å². The molecular formula is C12H18N2O4. The number of hydrogen-bond donors (Lipinski definition) is 2. The van der Waals surface area contributed by atoms with Crippen molar-refractivity contribution in [3.63, 3.8) is 0 Å². The van der Waals surface area contributed by atoms with Crippen molar-refractivity contribution in [3.05, 3.63) is 0 Å². The Kier molecular flexibility index (Phi) is 3.54. The predicted molar refractivity (Wildman–Crippen MR) is 62.3 cm³/mol. The SMILES string of the molecule is NC(=O)CN(CC(=O)O)C(=O)C1CC2CCC1C2. The van der Waals surface area contributed by atoms with Crippen molar-refractivity contribution in [3.8, 4) is 0 Å². The van der Waals surface area contributed by atoms with E-state index in [9.17, 15) is 14.4 Å². The first-order valence-corrected chi connectivity index (χ1v) is 6.26. The zero-order valence-electron chi connectivity index (χ0n) is 10.2. The summed E-state index contributed by atoms with van der Waals surface area (Å²) in [6, 6.07) is 0. The molecule has 2 saturated carbocycles. The highest BCUT2D eigenvalue weighted by Gasteiger charge is 2.44. The lowest BCUT2D eigenvalue weighted by molar-refractivity contribution is -0.148. The fourth-order valence-electron chi connectivity index (χ4n) is 3.34. The molecule has 2 bridgehead atoms. The van der Waals surface area contributed by atoms with Crippen LogP contribution in [0.5, 0.6) is 0 Å². The molecule has 6 heteroatoms. The fraction of sp³-hybridized carbons (Fsp3) is 0.750. The quantitative estimate of drug-likeness (QED) is 0.710. The zero-order chi connectivity index (χ0) is 13.3. The lowest BCUT2D eigenvalue weighted by Gasteiger charge is -2.27. The number of nitrogens with zero attached hydrogens (tertiary/aromatic N) is 1. The van der Waals surface area contributed by atoms with Gasteiger partial charge >= 0.3 is 5.97 Å². The number of nitrogens with two attached hydrogens (primary N) is 1. The number of aliphatic carboxylic acids is 1. The highest BCUT2D eigenvalue weighted by molar-refractivity contribution is 5.88. The van der Waals surface area contributed by atoms with E-state index in [1.165, 1.54) is 6.42 Å². The largest absolute Gasteiger partial charge is 0.480 e. The summed E-state index contributed by atoms with van der Waals surface area (Å²) in [5.41, 5.74) is 5.06. The molecule has 2 aliphatic rings. The van der Waals surface area contributed by atoms with Crippen molar-refractivity contribution >= 4 is 17.8 Å². The molecule has 0 aromatic heterocycles. The number of hydrogen-bond acceptors (Lipinski definition) is 3. The van der Waals surface area contributed by atoms with Crippen molar-refractivity contribution in [1.82, 2.24) is 4.90 Å². The van der Waals surface area contributed by atoms with Gasteiger partial charge in [0.05, 0.1) is 6.54 Å². The van der Waals surface area contributed by atoms with Gasteiger partial charge in [-0.15, -0.1) is 0 Å². The van der Waals surface area contributed by atoms with Crippen molar-refractivity contribution in [1.29, 1.82) is 0 Å². The predicted octanol–water partition coefficient (Wildman–Crippen LogP) is -0.179. The van der Waals surface area contributed by atoms with E-state index in [0.717, 1.165) is 24.2 Å². The molecule has 3 atom stereocenters. The molecule has 2 aliphatic carbocycles. The van der Waals surface area contributed by atoms with Gasteiger partial charge in [-0.3, -0.25) is 14.4 Å². The number of carbonyl (C=O) groups is 3. The standard InChI is InChI=1S/C12H18N2O4/c13-10(15)5-14(6-11(16)17)12(18)9-4-7-1-2-8(9)3-7/h7-9H,1-6H2,(H2,13,15)(H,16,17). The Hall–Kier alpha value is -1.59. The van der Waals surface area contributed by atoms with Crippen LogP contribution in [0.4, 0.5) is 0 Å². The maximum atomic E-state index is 12.3. The maximum absolute atomic E-state index is 12.3. The summed E-state index contributed by atoms with van der Waals surface area (Å²) in [6.45, 7) is -0.755. The van der Waals surface area contributed by atoms with Gasteiger partial charge in [-0.2, -0.15) is 0 Å². The van der Waals surface area contributed by atoms with Crippen molar-refractivity contribution in [2.45, 2.75) is 25.7 Å². The van der Waals surface area contributed by atoms with E-state index >= 15 is 0 Å². The average molecular weight is 254 g/mol. The highest BCUT2D eigenvalue weighted by atomic mass is 16.4. The van der Waals surface area contributed by atoms with Gasteiger partial charge in [0, 0.05) is 5.92 Å². The van der Waals surface area contributed by atoms with Gasteiger partial charge in [-0.1, -0.05) is 6.42 Å². The smallest absolute Gasteiger partial charge is 0.323 e. The number of fused-ring (bicyclic) bond motifs is 2. The van der Waals surface area contributed by atoms with E-state index in [4.69, 9.17) is 10.8 Å². The van der Waals surface area contributed by atoms with Gasteiger partial charge in [-0.25, -0.2) is 0 Å². The summed E-state index contributed by atoms with van der Waals surface area (Å²) in [5.74, 6) is -1.15. The fourth-order valence-corrected chi connectivity index (χ4v) is 3.34. The van der Waals surface area contributed by atoms with E-state index in [1.807, 2.05) is 0 Å². The molecule has 0 aliphatic heterocycles. The second-order valence-corrected chi connectivity index (χ2v) is 5.34. The highest BCUT2D eigenvalue weighted by Crippen LogP contribution is 2.48. The molecule has 100 valence electrons. The van der Waals surface area contributed by atoms with Crippen LogP contribution in [-0.2, 0) is 14.4 Å². The van der Waals surface area contributed by atoms with Crippen molar-refractivity contribution < 1.29 is 19.5 Å². The molecule has 0 saturated heterocycles. The van der Waals surface area contributed by atoms with Crippen LogP contribution >= 0.6 is 0 Å². The monoisotopic (exact) mass is 254 g/mol. The summed E-state index contributed by atoms with van der Waals surface area (Å²) in [6.07, 6.45) is 4.11. The first-order valence-electron chi connectivity index (χ1n) is 6.26. The van der Waals surface area contributed by atoms with E-state index < -0.39 is 18.4 Å². The number of carboxylic acid groups (broad SMARTS) is 1. The summed E-state index contributed by atoms with van der Waals surface area (Å²) in [5, 5.41) is 8.77. The van der Waals surface area contributed by atoms with E-state index in [-0.39, 0.29) is 18.4 Å². The van der Waals surface area contributed by atoms with Gasteiger partial charge in [0.25, 0.3) is 0 Å². The number of rotatable bonds is 5. The molecule has 0 spiro atoms. The first-order chi connectivity index (χ1) is 8.47. The normalized spacial score (nSPS) is 29.2. The minimum Gasteiger partial charge on any atom is -0.480 e. The van der Waals surface area contributed by atoms with Gasteiger partial charge in [-0.05, 0) is 31.1 Å². The van der Waals surface area contributed by atoms with Crippen molar-refractivity contribution in [2.24, 2.45) is 23.5 Å². The lowest BCUT2D eigenvalue weighted by Crippen LogP contribution is -2.45. The van der Waals surface area contributed by atoms with Crippen molar-refractivity contribution in [2.75, 3.05) is 13.1 Å². The number of primary amides is 1. The van der Waals surface area contributed by atoms with Crippen LogP contribution in [0, 0.1) is 17.8 Å². The molecule has 2 amide bonds. The summed E-state index contributed by atoms with van der Waals surface area (Å²) >= 11 is 0. The van der Waals surface area contributed by atoms with Gasteiger partial charge < -0.3 is 15.7 Å². The Balaban J connectivity index is 2.03. The third-order valence-electron chi connectivity index (χ3n) is 4.04. The summed E-state index contributed by atoms with van der Waals surface area (Å²) in [4.78, 5) is 35.0. The molecule has 0 aromatic carbocycles. The molecule has 0 radical (unpaired) electrons. The van der Waals surface area contributed by atoms with Gasteiger partial charge in [0.15, 0.2) is 0 Å². The minimum absolute atomic E-state index is 0.109. The topological polar surface area (TPSA) is 101 Å². The molecule has 2 rings (SSSR count). The van der Waals surface area contributed by atoms with Crippen LogP contribution in [0.15, 0.2) is 0 Å². The Morgan fingerprint density at radius 2 is 1.89 bits per heavy atom. The second kappa shape index (κ2) is 4.96. The van der Waals surface area contributed by atoms with Crippen LogP contribution in [0.25, 0.3) is 0 Å². The lowest BCUT2D eigenvalue weighted by atomic mass is 9.87. The summed E-state index contributed by atoms with van der Waals surface area (Å²) < 4.78 is 0. The molecule has 3 unspecified atom stereocenters. The Bertz CT molecular complexity index is 366. The molecule has 0 heterocycles. The molecular weight excluding hydrogens is 236 g/mol. The van der Waals surface area contributed by atoms with Crippen LogP contribution < -0.4 is 5.73 Å². The molecule has 18 heavy (non-hydrogen) atoms. The first kappa shape index (κ1) is 12.9. The Morgan fingerprint density at radius 3 is 2.33 bits per heavy atom. The molecule has 3 N–H and O–H groups in total. The molecule has 6 nitrogen and oxygen atoms in total. The van der Waals surface area contributed by atoms with E-state index in [2.05, 4.69) is 0 Å². The van der Waals surface area contributed by atoms with Gasteiger partial charge in [0.1, 0.15) is 6.54 Å².